The molecule has 0 aliphatic carbocycles. The maximum absolute atomic E-state index is 10.3. The standard InChI is InChI=1S/C18H36O2.C8H16/c1-2-3-4-5-6-7-8-9-10-11-12-13-14-15-16-17-18(19)20;1-6(2)8(5)7(3)4/h2-17H2,1H3,(H,19,20);6H,1-5H3. The van der Waals surface area contributed by atoms with E-state index in [4.69, 9.17) is 5.11 Å². The Labute approximate surface area is 177 Å². The van der Waals surface area contributed by atoms with Crippen LogP contribution in [0.4, 0.5) is 0 Å². The molecule has 0 spiro atoms. The summed E-state index contributed by atoms with van der Waals surface area (Å²) in [5, 5.41) is 8.52. The van der Waals surface area contributed by atoms with Gasteiger partial charge in [-0.2, -0.15) is 0 Å². The molecule has 0 aromatic heterocycles. The molecule has 0 fully saturated rings. The van der Waals surface area contributed by atoms with Gasteiger partial charge in [-0.15, -0.1) is 0 Å². The van der Waals surface area contributed by atoms with Gasteiger partial charge in [0.15, 0.2) is 0 Å². The first-order chi connectivity index (χ1) is 13.3. The van der Waals surface area contributed by atoms with Crippen molar-refractivity contribution in [3.63, 3.8) is 0 Å². The minimum atomic E-state index is -0.653. The van der Waals surface area contributed by atoms with Crippen molar-refractivity contribution in [2.45, 2.75) is 144 Å². The van der Waals surface area contributed by atoms with Crippen LogP contribution < -0.4 is 0 Å². The average Bonchev–Trinajstić information content (AvgIpc) is 2.64. The minimum absolute atomic E-state index is 0.345. The number of rotatable bonds is 17. The molecule has 0 aliphatic rings. The Morgan fingerprint density at radius 3 is 1.18 bits per heavy atom. The van der Waals surface area contributed by atoms with Crippen LogP contribution in [0.2, 0.25) is 0 Å². The highest BCUT2D eigenvalue weighted by Gasteiger charge is 1.97. The van der Waals surface area contributed by atoms with Gasteiger partial charge in [-0.05, 0) is 33.1 Å². The molecule has 2 nitrogen and oxygen atoms in total. The largest absolute Gasteiger partial charge is 0.481 e. The molecule has 28 heavy (non-hydrogen) atoms. The Morgan fingerprint density at radius 1 is 0.643 bits per heavy atom. The SMILES string of the molecule is CC(C)=C(C)C(C)C.CCCCCCCCCCCCCCCCCC(=O)O. The number of allylic oxidation sites excluding steroid dienone is 2. The summed E-state index contributed by atoms with van der Waals surface area (Å²) in [6, 6.07) is 0. The van der Waals surface area contributed by atoms with Crippen molar-refractivity contribution in [1.82, 2.24) is 0 Å². The van der Waals surface area contributed by atoms with Crippen molar-refractivity contribution < 1.29 is 9.90 Å². The van der Waals surface area contributed by atoms with Gasteiger partial charge < -0.3 is 5.11 Å². The molecule has 0 aliphatic heterocycles. The fourth-order valence-corrected chi connectivity index (χ4v) is 3.22. The van der Waals surface area contributed by atoms with Crippen LogP contribution in [0.25, 0.3) is 0 Å². The second kappa shape index (κ2) is 22.5. The van der Waals surface area contributed by atoms with Crippen LogP contribution in [0.5, 0.6) is 0 Å². The van der Waals surface area contributed by atoms with E-state index in [1.807, 2.05) is 0 Å². The Balaban J connectivity index is 0. The van der Waals surface area contributed by atoms with Crippen LogP contribution in [-0.2, 0) is 4.79 Å². The van der Waals surface area contributed by atoms with Gasteiger partial charge in [-0.3, -0.25) is 4.79 Å². The summed E-state index contributed by atoms with van der Waals surface area (Å²) in [6.07, 6.45) is 20.2. The lowest BCUT2D eigenvalue weighted by Crippen LogP contribution is -1.93. The lowest BCUT2D eigenvalue weighted by Gasteiger charge is -2.05. The van der Waals surface area contributed by atoms with Crippen molar-refractivity contribution in [2.24, 2.45) is 5.92 Å². The zero-order chi connectivity index (χ0) is 21.6. The molecule has 0 saturated carbocycles. The molecule has 0 rings (SSSR count). The predicted molar refractivity (Wildman–Crippen MR) is 126 cm³/mol. The maximum atomic E-state index is 10.3. The van der Waals surface area contributed by atoms with E-state index in [2.05, 4.69) is 41.5 Å². The summed E-state index contributed by atoms with van der Waals surface area (Å²) in [6.45, 7) is 13.2. The predicted octanol–water partition coefficient (Wildman–Crippen LogP) is 9.33. The number of carboxylic acids is 1. The van der Waals surface area contributed by atoms with Crippen molar-refractivity contribution in [3.05, 3.63) is 11.1 Å². The highest BCUT2D eigenvalue weighted by Crippen LogP contribution is 2.14. The Hall–Kier alpha value is -0.790. The zero-order valence-electron chi connectivity index (χ0n) is 20.2. The van der Waals surface area contributed by atoms with Crippen LogP contribution >= 0.6 is 0 Å². The van der Waals surface area contributed by atoms with E-state index in [1.165, 1.54) is 94.6 Å². The van der Waals surface area contributed by atoms with E-state index in [9.17, 15) is 4.79 Å². The molecule has 0 atom stereocenters. The van der Waals surface area contributed by atoms with Gasteiger partial charge in [-0.1, -0.05) is 122 Å². The van der Waals surface area contributed by atoms with E-state index >= 15 is 0 Å². The average molecular weight is 397 g/mol. The molecule has 0 saturated heterocycles. The van der Waals surface area contributed by atoms with Crippen molar-refractivity contribution >= 4 is 5.97 Å². The molecule has 0 bridgehead atoms. The number of unbranched alkanes of at least 4 members (excludes halogenated alkanes) is 14. The molecule has 0 heterocycles. The fourth-order valence-electron chi connectivity index (χ4n) is 3.22. The van der Waals surface area contributed by atoms with E-state index in [-0.39, 0.29) is 0 Å². The molecule has 0 radical (unpaired) electrons. The van der Waals surface area contributed by atoms with E-state index in [0.717, 1.165) is 18.8 Å². The molecular formula is C26H52O2. The lowest BCUT2D eigenvalue weighted by atomic mass is 10.0. The first kappa shape index (κ1) is 29.4. The highest BCUT2D eigenvalue weighted by molar-refractivity contribution is 5.66. The number of aliphatic carboxylic acids is 1. The van der Waals surface area contributed by atoms with Crippen LogP contribution in [0.15, 0.2) is 11.1 Å². The summed E-state index contributed by atoms with van der Waals surface area (Å²) < 4.78 is 0. The summed E-state index contributed by atoms with van der Waals surface area (Å²) in [7, 11) is 0. The number of hydrogen-bond acceptors (Lipinski definition) is 1. The van der Waals surface area contributed by atoms with E-state index in [0.29, 0.717) is 6.42 Å². The third-order valence-corrected chi connectivity index (χ3v) is 5.65. The Morgan fingerprint density at radius 2 is 0.964 bits per heavy atom. The van der Waals surface area contributed by atoms with Gasteiger partial charge in [0.05, 0.1) is 0 Å². The van der Waals surface area contributed by atoms with Gasteiger partial charge in [0.25, 0.3) is 0 Å². The third kappa shape index (κ3) is 25.2. The van der Waals surface area contributed by atoms with Crippen molar-refractivity contribution in [2.75, 3.05) is 0 Å². The first-order valence-corrected chi connectivity index (χ1v) is 12.2. The Bertz CT molecular complexity index is 365. The number of carboxylic acid groups (broad SMARTS) is 1. The van der Waals surface area contributed by atoms with E-state index in [1.54, 1.807) is 0 Å². The van der Waals surface area contributed by atoms with Crippen LogP contribution in [0.1, 0.15) is 144 Å². The monoisotopic (exact) mass is 396 g/mol. The Kier molecular flexibility index (Phi) is 23.6. The van der Waals surface area contributed by atoms with Gasteiger partial charge >= 0.3 is 5.97 Å². The summed E-state index contributed by atoms with van der Waals surface area (Å²) in [5.74, 6) is 0.0692. The first-order valence-electron chi connectivity index (χ1n) is 12.2. The molecular weight excluding hydrogens is 344 g/mol. The molecule has 0 aromatic rings. The normalized spacial score (nSPS) is 10.5. The van der Waals surface area contributed by atoms with Gasteiger partial charge in [0, 0.05) is 6.42 Å². The minimum Gasteiger partial charge on any atom is -0.481 e. The second-order valence-corrected chi connectivity index (χ2v) is 8.93. The maximum Gasteiger partial charge on any atom is 0.303 e. The van der Waals surface area contributed by atoms with E-state index < -0.39 is 5.97 Å². The molecule has 0 unspecified atom stereocenters. The van der Waals surface area contributed by atoms with Crippen molar-refractivity contribution in [1.29, 1.82) is 0 Å². The molecule has 0 aromatic carbocycles. The van der Waals surface area contributed by atoms with Crippen LogP contribution in [0.3, 0.4) is 0 Å². The molecule has 1 N–H and O–H groups in total. The van der Waals surface area contributed by atoms with Gasteiger partial charge in [0.2, 0.25) is 0 Å². The summed E-state index contributed by atoms with van der Waals surface area (Å²) >= 11 is 0. The quantitative estimate of drug-likeness (QED) is 0.196. The molecule has 0 amide bonds. The van der Waals surface area contributed by atoms with Crippen LogP contribution in [-0.4, -0.2) is 11.1 Å². The summed E-state index contributed by atoms with van der Waals surface area (Å²) in [4.78, 5) is 10.3. The fraction of sp³-hybridized carbons (Fsp3) is 0.885. The van der Waals surface area contributed by atoms with Gasteiger partial charge in [0.1, 0.15) is 0 Å². The third-order valence-electron chi connectivity index (χ3n) is 5.65. The zero-order valence-corrected chi connectivity index (χ0v) is 20.2. The van der Waals surface area contributed by atoms with Crippen molar-refractivity contribution in [3.8, 4) is 0 Å². The molecule has 2 heteroatoms. The summed E-state index contributed by atoms with van der Waals surface area (Å²) in [5.41, 5.74) is 2.98. The number of hydrogen-bond donors (Lipinski definition) is 1. The second-order valence-electron chi connectivity index (χ2n) is 8.93. The topological polar surface area (TPSA) is 37.3 Å². The lowest BCUT2D eigenvalue weighted by molar-refractivity contribution is -0.137. The van der Waals surface area contributed by atoms with Crippen LogP contribution in [0, 0.1) is 5.92 Å². The smallest absolute Gasteiger partial charge is 0.303 e. The number of carbonyl (C=O) groups is 1. The highest BCUT2D eigenvalue weighted by atomic mass is 16.4. The molecule has 168 valence electrons. The van der Waals surface area contributed by atoms with Gasteiger partial charge in [-0.25, -0.2) is 0 Å².